The predicted octanol–water partition coefficient (Wildman–Crippen LogP) is 2.86. The first-order chi connectivity index (χ1) is 8.79. The maximum atomic E-state index is 5.95. The summed E-state index contributed by atoms with van der Waals surface area (Å²) in [6.45, 7) is 2.55. The van der Waals surface area contributed by atoms with Crippen LogP contribution in [0.4, 0.5) is 0 Å². The highest BCUT2D eigenvalue weighted by atomic mass is 16.5. The topological polar surface area (TPSA) is 48.1 Å². The van der Waals surface area contributed by atoms with E-state index in [4.69, 9.17) is 10.5 Å². The van der Waals surface area contributed by atoms with Gasteiger partial charge in [0.1, 0.15) is 11.9 Å². The number of ether oxygens (including phenoxy) is 1. The van der Waals surface area contributed by atoms with Crippen LogP contribution in [0.15, 0.2) is 48.7 Å². The molecule has 2 N–H and O–H groups in total. The molecule has 1 atom stereocenters. The number of hydrogen-bond acceptors (Lipinski definition) is 3. The van der Waals surface area contributed by atoms with E-state index in [1.165, 1.54) is 0 Å². The molecule has 0 aliphatic heterocycles. The monoisotopic (exact) mass is 242 g/mol. The molecule has 0 saturated carbocycles. The number of aromatic nitrogens is 1. The normalized spacial score (nSPS) is 12.1. The van der Waals surface area contributed by atoms with Crippen LogP contribution in [-0.4, -0.2) is 11.5 Å². The Morgan fingerprint density at radius 2 is 1.94 bits per heavy atom. The van der Waals surface area contributed by atoms with Crippen molar-refractivity contribution in [3.8, 4) is 5.75 Å². The molecule has 1 unspecified atom stereocenters. The molecular weight excluding hydrogens is 224 g/mol. The van der Waals surface area contributed by atoms with Gasteiger partial charge in [-0.05, 0) is 31.2 Å². The van der Waals surface area contributed by atoms with Crippen molar-refractivity contribution in [2.24, 2.45) is 5.73 Å². The van der Waals surface area contributed by atoms with Gasteiger partial charge in [-0.15, -0.1) is 0 Å². The first-order valence-corrected chi connectivity index (χ1v) is 6.14. The van der Waals surface area contributed by atoms with Crippen molar-refractivity contribution in [1.82, 2.24) is 4.98 Å². The number of aryl methyl sites for hydroxylation is 1. The third kappa shape index (κ3) is 3.31. The highest BCUT2D eigenvalue weighted by Gasteiger charge is 2.12. The van der Waals surface area contributed by atoms with Crippen LogP contribution in [0.3, 0.4) is 0 Å². The molecule has 0 amide bonds. The minimum absolute atomic E-state index is 0.0132. The lowest BCUT2D eigenvalue weighted by molar-refractivity contribution is 0.197. The average Bonchev–Trinajstić information content (AvgIpc) is 2.42. The van der Waals surface area contributed by atoms with Crippen LogP contribution in [0.1, 0.15) is 23.8 Å². The number of nitrogens with two attached hydrogens (primary N) is 1. The summed E-state index contributed by atoms with van der Waals surface area (Å²) in [5, 5.41) is 0. The first kappa shape index (κ1) is 12.6. The van der Waals surface area contributed by atoms with Crippen LogP contribution in [0.5, 0.6) is 5.75 Å². The Bertz CT molecular complexity index is 468. The van der Waals surface area contributed by atoms with E-state index in [-0.39, 0.29) is 6.10 Å². The van der Waals surface area contributed by atoms with Crippen molar-refractivity contribution in [2.45, 2.75) is 19.4 Å². The van der Waals surface area contributed by atoms with Gasteiger partial charge in [0.05, 0.1) is 6.20 Å². The number of hydrogen-bond donors (Lipinski definition) is 1. The lowest BCUT2D eigenvalue weighted by Crippen LogP contribution is -2.13. The third-order valence-electron chi connectivity index (χ3n) is 2.76. The smallest absolute Gasteiger partial charge is 0.138 e. The van der Waals surface area contributed by atoms with Gasteiger partial charge < -0.3 is 10.5 Å². The molecule has 3 heteroatoms. The summed E-state index contributed by atoms with van der Waals surface area (Å²) < 4.78 is 5.95. The van der Waals surface area contributed by atoms with Crippen molar-refractivity contribution in [2.75, 3.05) is 6.54 Å². The van der Waals surface area contributed by atoms with E-state index in [2.05, 4.69) is 17.1 Å². The van der Waals surface area contributed by atoms with Crippen LogP contribution >= 0.6 is 0 Å². The quantitative estimate of drug-likeness (QED) is 0.877. The molecule has 0 spiro atoms. The molecule has 0 fully saturated rings. The highest BCUT2D eigenvalue weighted by molar-refractivity contribution is 5.23. The molecule has 18 heavy (non-hydrogen) atoms. The van der Waals surface area contributed by atoms with Crippen LogP contribution in [0.2, 0.25) is 0 Å². The lowest BCUT2D eigenvalue weighted by atomic mass is 10.1. The molecule has 0 aliphatic rings. The zero-order chi connectivity index (χ0) is 12.8. The fraction of sp³-hybridized carbons (Fsp3) is 0.267. The van der Waals surface area contributed by atoms with Crippen LogP contribution in [0, 0.1) is 6.92 Å². The fourth-order valence-corrected chi connectivity index (χ4v) is 1.80. The van der Waals surface area contributed by atoms with Crippen molar-refractivity contribution < 1.29 is 4.74 Å². The van der Waals surface area contributed by atoms with E-state index in [0.717, 1.165) is 23.4 Å². The summed E-state index contributed by atoms with van der Waals surface area (Å²) in [5.74, 6) is 0.780. The molecule has 94 valence electrons. The average molecular weight is 242 g/mol. The first-order valence-electron chi connectivity index (χ1n) is 6.14. The summed E-state index contributed by atoms with van der Waals surface area (Å²) in [7, 11) is 0. The highest BCUT2D eigenvalue weighted by Crippen LogP contribution is 2.23. The zero-order valence-electron chi connectivity index (χ0n) is 10.5. The Morgan fingerprint density at radius 1 is 1.17 bits per heavy atom. The van der Waals surface area contributed by atoms with Crippen molar-refractivity contribution in [3.05, 3.63) is 59.9 Å². The van der Waals surface area contributed by atoms with E-state index >= 15 is 0 Å². The third-order valence-corrected chi connectivity index (χ3v) is 2.76. The SMILES string of the molecule is Cc1ccc(OC(CCN)c2ccccc2)cn1. The van der Waals surface area contributed by atoms with Crippen LogP contribution in [-0.2, 0) is 0 Å². The van der Waals surface area contributed by atoms with Gasteiger partial charge in [-0.2, -0.15) is 0 Å². The lowest BCUT2D eigenvalue weighted by Gasteiger charge is -2.18. The maximum absolute atomic E-state index is 5.95. The Kier molecular flexibility index (Phi) is 4.31. The van der Waals surface area contributed by atoms with E-state index in [0.29, 0.717) is 6.54 Å². The van der Waals surface area contributed by atoms with Gasteiger partial charge in [0.25, 0.3) is 0 Å². The predicted molar refractivity (Wildman–Crippen MR) is 72.5 cm³/mol. The molecule has 1 aromatic carbocycles. The Hall–Kier alpha value is -1.87. The second kappa shape index (κ2) is 6.17. The summed E-state index contributed by atoms with van der Waals surface area (Å²) in [6.07, 6.45) is 2.53. The summed E-state index contributed by atoms with van der Waals surface area (Å²) in [5.41, 5.74) is 7.77. The van der Waals surface area contributed by atoms with Gasteiger partial charge in [-0.25, -0.2) is 0 Å². The minimum atomic E-state index is -0.0132. The molecule has 0 bridgehead atoms. The second-order valence-electron chi connectivity index (χ2n) is 4.23. The molecule has 0 radical (unpaired) electrons. The molecule has 3 nitrogen and oxygen atoms in total. The second-order valence-corrected chi connectivity index (χ2v) is 4.23. The minimum Gasteiger partial charge on any atom is -0.484 e. The molecular formula is C15H18N2O. The van der Waals surface area contributed by atoms with Gasteiger partial charge in [0, 0.05) is 12.1 Å². The summed E-state index contributed by atoms with van der Waals surface area (Å²) >= 11 is 0. The zero-order valence-corrected chi connectivity index (χ0v) is 10.5. The van der Waals surface area contributed by atoms with Gasteiger partial charge in [-0.1, -0.05) is 30.3 Å². The molecule has 2 aromatic rings. The van der Waals surface area contributed by atoms with Crippen molar-refractivity contribution in [3.63, 3.8) is 0 Å². The fourth-order valence-electron chi connectivity index (χ4n) is 1.80. The Morgan fingerprint density at radius 3 is 2.56 bits per heavy atom. The number of pyridine rings is 1. The Labute approximate surface area is 108 Å². The van der Waals surface area contributed by atoms with Gasteiger partial charge in [0.15, 0.2) is 0 Å². The van der Waals surface area contributed by atoms with E-state index in [9.17, 15) is 0 Å². The van der Waals surface area contributed by atoms with Gasteiger partial charge in [0.2, 0.25) is 0 Å². The van der Waals surface area contributed by atoms with Gasteiger partial charge >= 0.3 is 0 Å². The summed E-state index contributed by atoms with van der Waals surface area (Å²) in [6, 6.07) is 14.0. The molecule has 1 aromatic heterocycles. The largest absolute Gasteiger partial charge is 0.484 e. The number of rotatable bonds is 5. The number of nitrogens with zero attached hydrogens (tertiary/aromatic N) is 1. The Balaban J connectivity index is 2.14. The maximum Gasteiger partial charge on any atom is 0.138 e. The van der Waals surface area contributed by atoms with E-state index in [1.54, 1.807) is 6.20 Å². The molecule has 0 aliphatic carbocycles. The van der Waals surface area contributed by atoms with E-state index in [1.807, 2.05) is 37.3 Å². The number of benzene rings is 1. The van der Waals surface area contributed by atoms with E-state index < -0.39 is 0 Å². The summed E-state index contributed by atoms with van der Waals surface area (Å²) in [4.78, 5) is 4.23. The van der Waals surface area contributed by atoms with Gasteiger partial charge in [-0.3, -0.25) is 4.98 Å². The standard InChI is InChI=1S/C15H18N2O/c1-12-7-8-14(11-17-12)18-15(9-10-16)13-5-3-2-4-6-13/h2-8,11,15H,9-10,16H2,1H3. The molecule has 0 saturated heterocycles. The van der Waals surface area contributed by atoms with Crippen LogP contribution in [0.25, 0.3) is 0 Å². The van der Waals surface area contributed by atoms with Crippen LogP contribution < -0.4 is 10.5 Å². The van der Waals surface area contributed by atoms with Crippen molar-refractivity contribution in [1.29, 1.82) is 0 Å². The van der Waals surface area contributed by atoms with Crippen molar-refractivity contribution >= 4 is 0 Å². The molecule has 1 heterocycles. The molecule has 2 rings (SSSR count).